The molecule has 2 aromatic heterocycles. The van der Waals surface area contributed by atoms with Crippen LogP contribution in [-0.2, 0) is 6.54 Å². The van der Waals surface area contributed by atoms with E-state index in [2.05, 4.69) is 29.2 Å². The number of aryl methyl sites for hydroxylation is 1. The minimum atomic E-state index is -0.253. The molecule has 1 amide bonds. The first-order valence-corrected chi connectivity index (χ1v) is 8.66. The van der Waals surface area contributed by atoms with E-state index in [-0.39, 0.29) is 5.91 Å². The molecule has 0 aliphatic carbocycles. The van der Waals surface area contributed by atoms with Gasteiger partial charge in [0.25, 0.3) is 5.91 Å². The number of para-hydroxylation sites is 1. The standard InChI is InChI=1S/C19H24N4O2/c1-4-22(5-2)10-11-23-13-15(12-20-23)21-19(24)18-14(3)16-8-6-7-9-17(16)25-18/h6-9,12-13H,4-5,10-11H2,1-3H3,(H,21,24). The minimum absolute atomic E-state index is 0.253. The molecule has 0 aliphatic heterocycles. The Labute approximate surface area is 147 Å². The van der Waals surface area contributed by atoms with Crippen LogP contribution in [0.3, 0.4) is 0 Å². The molecule has 6 nitrogen and oxygen atoms in total. The third-order valence-electron chi connectivity index (χ3n) is 4.48. The number of anilines is 1. The third kappa shape index (κ3) is 3.74. The smallest absolute Gasteiger partial charge is 0.291 e. The van der Waals surface area contributed by atoms with Crippen molar-refractivity contribution >= 4 is 22.6 Å². The van der Waals surface area contributed by atoms with E-state index in [9.17, 15) is 4.79 Å². The largest absolute Gasteiger partial charge is 0.451 e. The molecule has 0 saturated heterocycles. The van der Waals surface area contributed by atoms with Gasteiger partial charge in [0, 0.05) is 23.7 Å². The second-order valence-electron chi connectivity index (χ2n) is 6.03. The Morgan fingerprint density at radius 1 is 1.28 bits per heavy atom. The molecule has 0 atom stereocenters. The van der Waals surface area contributed by atoms with Crippen molar-refractivity contribution in [1.29, 1.82) is 0 Å². The highest BCUT2D eigenvalue weighted by Crippen LogP contribution is 2.25. The number of rotatable bonds is 7. The molecule has 0 unspecified atom stereocenters. The van der Waals surface area contributed by atoms with Crippen LogP contribution >= 0.6 is 0 Å². The summed E-state index contributed by atoms with van der Waals surface area (Å²) in [7, 11) is 0. The van der Waals surface area contributed by atoms with Crippen molar-refractivity contribution in [2.75, 3.05) is 25.0 Å². The van der Waals surface area contributed by atoms with Crippen LogP contribution in [0.1, 0.15) is 30.0 Å². The lowest BCUT2D eigenvalue weighted by molar-refractivity contribution is 0.0998. The Kier molecular flexibility index (Phi) is 5.19. The van der Waals surface area contributed by atoms with E-state index in [1.54, 1.807) is 6.20 Å². The van der Waals surface area contributed by atoms with Crippen LogP contribution in [0, 0.1) is 6.92 Å². The molecular weight excluding hydrogens is 316 g/mol. The van der Waals surface area contributed by atoms with E-state index in [4.69, 9.17) is 4.42 Å². The van der Waals surface area contributed by atoms with E-state index < -0.39 is 0 Å². The number of hydrogen-bond acceptors (Lipinski definition) is 4. The monoisotopic (exact) mass is 340 g/mol. The Hall–Kier alpha value is -2.60. The highest BCUT2D eigenvalue weighted by molar-refractivity contribution is 6.06. The van der Waals surface area contributed by atoms with E-state index in [0.717, 1.165) is 42.7 Å². The van der Waals surface area contributed by atoms with Crippen LogP contribution in [-0.4, -0.2) is 40.2 Å². The molecule has 1 aromatic carbocycles. The van der Waals surface area contributed by atoms with Gasteiger partial charge in [0.15, 0.2) is 5.76 Å². The van der Waals surface area contributed by atoms with Gasteiger partial charge in [-0.3, -0.25) is 9.48 Å². The van der Waals surface area contributed by atoms with Gasteiger partial charge in [-0.15, -0.1) is 0 Å². The van der Waals surface area contributed by atoms with Gasteiger partial charge in [0.1, 0.15) is 5.58 Å². The molecule has 25 heavy (non-hydrogen) atoms. The average Bonchev–Trinajstić information content (AvgIpc) is 3.21. The zero-order valence-electron chi connectivity index (χ0n) is 15.0. The molecule has 0 radical (unpaired) electrons. The topological polar surface area (TPSA) is 63.3 Å². The van der Waals surface area contributed by atoms with Crippen molar-refractivity contribution in [3.63, 3.8) is 0 Å². The second-order valence-corrected chi connectivity index (χ2v) is 6.03. The number of carbonyl (C=O) groups excluding carboxylic acids is 1. The number of amides is 1. The molecule has 3 rings (SSSR count). The summed E-state index contributed by atoms with van der Waals surface area (Å²) >= 11 is 0. The summed E-state index contributed by atoms with van der Waals surface area (Å²) in [5.74, 6) is 0.0917. The summed E-state index contributed by atoms with van der Waals surface area (Å²) in [6.45, 7) is 9.96. The molecule has 0 fully saturated rings. The fourth-order valence-electron chi connectivity index (χ4n) is 2.91. The maximum Gasteiger partial charge on any atom is 0.291 e. The number of benzene rings is 1. The summed E-state index contributed by atoms with van der Waals surface area (Å²) in [5.41, 5.74) is 2.24. The van der Waals surface area contributed by atoms with E-state index >= 15 is 0 Å². The molecule has 0 saturated carbocycles. The van der Waals surface area contributed by atoms with Crippen LogP contribution in [0.5, 0.6) is 0 Å². The summed E-state index contributed by atoms with van der Waals surface area (Å²) in [5, 5.41) is 8.14. The van der Waals surface area contributed by atoms with Crippen molar-refractivity contribution in [3.05, 3.63) is 48.0 Å². The Balaban J connectivity index is 1.68. The van der Waals surface area contributed by atoms with Crippen molar-refractivity contribution in [2.45, 2.75) is 27.3 Å². The molecule has 3 aromatic rings. The molecular formula is C19H24N4O2. The lowest BCUT2D eigenvalue weighted by Crippen LogP contribution is -2.27. The number of aromatic nitrogens is 2. The molecule has 0 aliphatic rings. The maximum absolute atomic E-state index is 12.5. The number of likely N-dealkylation sites (N-methyl/N-ethyl adjacent to an activating group) is 1. The fourth-order valence-corrected chi connectivity index (χ4v) is 2.91. The molecule has 2 heterocycles. The van der Waals surface area contributed by atoms with Gasteiger partial charge in [-0.25, -0.2) is 0 Å². The normalized spacial score (nSPS) is 11.4. The summed E-state index contributed by atoms with van der Waals surface area (Å²) in [6, 6.07) is 7.65. The van der Waals surface area contributed by atoms with Crippen LogP contribution in [0.25, 0.3) is 11.0 Å². The molecule has 132 valence electrons. The third-order valence-corrected chi connectivity index (χ3v) is 4.48. The van der Waals surface area contributed by atoms with Gasteiger partial charge in [-0.05, 0) is 26.1 Å². The van der Waals surface area contributed by atoms with Crippen molar-refractivity contribution in [3.8, 4) is 0 Å². The van der Waals surface area contributed by atoms with Gasteiger partial charge in [0.05, 0.1) is 18.4 Å². The Bertz CT molecular complexity index is 861. The van der Waals surface area contributed by atoms with E-state index in [1.165, 1.54) is 0 Å². The fraction of sp³-hybridized carbons (Fsp3) is 0.368. The van der Waals surface area contributed by atoms with Gasteiger partial charge >= 0.3 is 0 Å². The van der Waals surface area contributed by atoms with Crippen LogP contribution < -0.4 is 5.32 Å². The van der Waals surface area contributed by atoms with Gasteiger partial charge in [0.2, 0.25) is 0 Å². The summed E-state index contributed by atoms with van der Waals surface area (Å²) < 4.78 is 7.55. The SMILES string of the molecule is CCN(CC)CCn1cc(NC(=O)c2oc3ccccc3c2C)cn1. The van der Waals surface area contributed by atoms with E-state index in [0.29, 0.717) is 11.4 Å². The van der Waals surface area contributed by atoms with E-state index in [1.807, 2.05) is 42.1 Å². The lowest BCUT2D eigenvalue weighted by Gasteiger charge is -2.17. The number of nitrogens with zero attached hydrogens (tertiary/aromatic N) is 3. The first kappa shape index (κ1) is 17.2. The van der Waals surface area contributed by atoms with Crippen molar-refractivity contribution in [1.82, 2.24) is 14.7 Å². The predicted octanol–water partition coefficient (Wildman–Crippen LogP) is 3.53. The first-order chi connectivity index (χ1) is 12.1. The second kappa shape index (κ2) is 7.53. The van der Waals surface area contributed by atoms with Gasteiger partial charge in [-0.1, -0.05) is 32.0 Å². The summed E-state index contributed by atoms with van der Waals surface area (Å²) in [6.07, 6.45) is 3.51. The zero-order chi connectivity index (χ0) is 17.8. The van der Waals surface area contributed by atoms with Crippen LogP contribution in [0.2, 0.25) is 0 Å². The predicted molar refractivity (Wildman–Crippen MR) is 98.9 cm³/mol. The number of hydrogen-bond donors (Lipinski definition) is 1. The van der Waals surface area contributed by atoms with Gasteiger partial charge in [-0.2, -0.15) is 5.10 Å². The number of nitrogens with one attached hydrogen (secondary N) is 1. The van der Waals surface area contributed by atoms with Crippen molar-refractivity contribution < 1.29 is 9.21 Å². The molecule has 0 bridgehead atoms. The Morgan fingerprint density at radius 2 is 2.04 bits per heavy atom. The highest BCUT2D eigenvalue weighted by Gasteiger charge is 2.18. The number of furan rings is 1. The molecule has 6 heteroatoms. The van der Waals surface area contributed by atoms with Crippen LogP contribution in [0.4, 0.5) is 5.69 Å². The highest BCUT2D eigenvalue weighted by atomic mass is 16.3. The molecule has 1 N–H and O–H groups in total. The first-order valence-electron chi connectivity index (χ1n) is 8.66. The maximum atomic E-state index is 12.5. The number of fused-ring (bicyclic) bond motifs is 1. The quantitative estimate of drug-likeness (QED) is 0.715. The van der Waals surface area contributed by atoms with Gasteiger partial charge < -0.3 is 14.6 Å². The lowest BCUT2D eigenvalue weighted by atomic mass is 10.1. The molecule has 0 spiro atoms. The van der Waals surface area contributed by atoms with Crippen molar-refractivity contribution in [2.24, 2.45) is 0 Å². The Morgan fingerprint density at radius 3 is 2.76 bits per heavy atom. The average molecular weight is 340 g/mol. The minimum Gasteiger partial charge on any atom is -0.451 e. The van der Waals surface area contributed by atoms with Crippen LogP contribution in [0.15, 0.2) is 41.1 Å². The summed E-state index contributed by atoms with van der Waals surface area (Å²) in [4.78, 5) is 14.9. The number of carbonyl (C=O) groups is 1. The zero-order valence-corrected chi connectivity index (χ0v) is 15.0.